The summed E-state index contributed by atoms with van der Waals surface area (Å²) >= 11 is 9.62. The highest BCUT2D eigenvalue weighted by molar-refractivity contribution is 7.80. The second kappa shape index (κ2) is 6.91. The highest BCUT2D eigenvalue weighted by Gasteiger charge is 2.08. The van der Waals surface area contributed by atoms with E-state index >= 15 is 0 Å². The van der Waals surface area contributed by atoms with Crippen LogP contribution in [-0.2, 0) is 6.42 Å². The predicted octanol–water partition coefficient (Wildman–Crippen LogP) is 1.19. The van der Waals surface area contributed by atoms with Gasteiger partial charge in [0.05, 0.1) is 11.9 Å². The largest absolute Gasteiger partial charge is 0.375 e. The van der Waals surface area contributed by atoms with Crippen molar-refractivity contribution in [1.82, 2.24) is 15.4 Å². The van der Waals surface area contributed by atoms with Gasteiger partial charge in [0.25, 0.3) is 5.56 Å². The van der Waals surface area contributed by atoms with E-state index in [4.69, 9.17) is 18.0 Å². The van der Waals surface area contributed by atoms with E-state index in [1.807, 2.05) is 30.3 Å². The number of aromatic nitrogens is 2. The Hall–Kier alpha value is -2.32. The molecule has 1 aromatic heterocycles. The second-order valence-corrected chi connectivity index (χ2v) is 5.05. The number of rotatable bonds is 4. The third kappa shape index (κ3) is 4.33. The van der Waals surface area contributed by atoms with E-state index < -0.39 is 0 Å². The maximum Gasteiger partial charge on any atom is 0.255 e. The minimum absolute atomic E-state index is 0.0410. The molecule has 5 N–H and O–H groups in total. The lowest BCUT2D eigenvalue weighted by atomic mass is 10.1. The van der Waals surface area contributed by atoms with Gasteiger partial charge in [-0.1, -0.05) is 30.3 Å². The molecule has 2 aromatic rings. The van der Waals surface area contributed by atoms with Crippen LogP contribution in [0.2, 0.25) is 0 Å². The summed E-state index contributed by atoms with van der Waals surface area (Å²) in [6.45, 7) is 0. The summed E-state index contributed by atoms with van der Waals surface area (Å²) < 4.78 is 0.230. The number of hydrogen-bond acceptors (Lipinski definition) is 4. The van der Waals surface area contributed by atoms with Crippen molar-refractivity contribution in [1.29, 1.82) is 0 Å². The van der Waals surface area contributed by atoms with Gasteiger partial charge in [-0.15, -0.1) is 0 Å². The molecule has 0 aliphatic heterocycles. The molecule has 0 aliphatic carbocycles. The molecule has 6 nitrogen and oxygen atoms in total. The Balaban J connectivity index is 2.39. The van der Waals surface area contributed by atoms with Gasteiger partial charge in [-0.3, -0.25) is 15.2 Å². The van der Waals surface area contributed by atoms with Gasteiger partial charge in [-0.25, -0.2) is 0 Å². The molecule has 0 atom stereocenters. The maximum absolute atomic E-state index is 12.1. The number of hydrazone groups is 1. The smallest absolute Gasteiger partial charge is 0.255 e. The fourth-order valence-corrected chi connectivity index (χ4v) is 2.03. The van der Waals surface area contributed by atoms with E-state index in [-0.39, 0.29) is 15.4 Å². The Kier molecular flexibility index (Phi) is 4.96. The summed E-state index contributed by atoms with van der Waals surface area (Å²) in [6, 6.07) is 9.62. The molecule has 0 amide bonds. The molecular formula is C13H13N5OS2. The van der Waals surface area contributed by atoms with Gasteiger partial charge >= 0.3 is 0 Å². The molecule has 0 saturated carbocycles. The minimum atomic E-state index is -0.251. The molecule has 21 heavy (non-hydrogen) atoms. The molecule has 8 heteroatoms. The van der Waals surface area contributed by atoms with Crippen LogP contribution in [0.1, 0.15) is 16.8 Å². The van der Waals surface area contributed by atoms with Crippen LogP contribution in [0.15, 0.2) is 40.2 Å². The highest BCUT2D eigenvalue weighted by Crippen LogP contribution is 2.07. The first kappa shape index (κ1) is 15.1. The molecule has 0 radical (unpaired) electrons. The van der Waals surface area contributed by atoms with E-state index in [0.29, 0.717) is 17.7 Å². The Morgan fingerprint density at radius 3 is 2.71 bits per heavy atom. The Bertz CT molecular complexity index is 779. The first-order valence-electron chi connectivity index (χ1n) is 6.04. The van der Waals surface area contributed by atoms with Crippen LogP contribution in [-0.4, -0.2) is 21.3 Å². The number of aromatic amines is 2. The number of nitrogens with two attached hydrogens (primary N) is 1. The molecule has 1 heterocycles. The number of nitrogens with zero attached hydrogens (tertiary/aromatic N) is 1. The number of thiocarbonyl (C=S) groups is 1. The summed E-state index contributed by atoms with van der Waals surface area (Å²) in [7, 11) is 0. The van der Waals surface area contributed by atoms with Crippen LogP contribution in [0.4, 0.5) is 0 Å². The topological polar surface area (TPSA) is 99.1 Å². The second-order valence-electron chi connectivity index (χ2n) is 4.20. The van der Waals surface area contributed by atoms with Crippen molar-refractivity contribution in [3.05, 3.63) is 62.3 Å². The molecule has 0 unspecified atom stereocenters. The zero-order chi connectivity index (χ0) is 15.2. The SMILES string of the molecule is NC(=S)N/N=C/c1[nH]c(=S)[nH]c(=O)c1Cc1ccccc1. The Morgan fingerprint density at radius 1 is 1.33 bits per heavy atom. The van der Waals surface area contributed by atoms with Crippen LogP contribution < -0.4 is 16.7 Å². The average Bonchev–Trinajstić information content (AvgIpc) is 2.43. The third-order valence-corrected chi connectivity index (χ3v) is 2.96. The maximum atomic E-state index is 12.1. The molecule has 0 bridgehead atoms. The van der Waals surface area contributed by atoms with Crippen LogP contribution in [0.3, 0.4) is 0 Å². The van der Waals surface area contributed by atoms with Crippen LogP contribution in [0.5, 0.6) is 0 Å². The molecule has 0 spiro atoms. The molecule has 108 valence electrons. The number of benzene rings is 1. The Morgan fingerprint density at radius 2 is 2.05 bits per heavy atom. The van der Waals surface area contributed by atoms with Gasteiger partial charge in [-0.2, -0.15) is 5.10 Å². The van der Waals surface area contributed by atoms with Gasteiger partial charge in [0, 0.05) is 12.0 Å². The predicted molar refractivity (Wildman–Crippen MR) is 89.0 cm³/mol. The van der Waals surface area contributed by atoms with Crippen molar-refractivity contribution in [3.8, 4) is 0 Å². The quantitative estimate of drug-likeness (QED) is 0.385. The third-order valence-electron chi connectivity index (χ3n) is 2.67. The standard InChI is InChI=1S/C13H13N5OS2/c14-12(20)18-15-7-10-9(11(19)17-13(21)16-10)6-8-4-2-1-3-5-8/h1-5,7H,6H2,(H3,14,18,20)(H2,16,17,19,21)/b15-7+. The summed E-state index contributed by atoms with van der Waals surface area (Å²) in [6.07, 6.45) is 1.89. The van der Waals surface area contributed by atoms with Crippen molar-refractivity contribution in [2.45, 2.75) is 6.42 Å². The summed E-state index contributed by atoms with van der Waals surface area (Å²) in [5.74, 6) is 0. The van der Waals surface area contributed by atoms with Gasteiger partial charge in [-0.05, 0) is 30.0 Å². The molecule has 0 fully saturated rings. The lowest BCUT2D eigenvalue weighted by Gasteiger charge is -2.05. The molecule has 1 aromatic carbocycles. The van der Waals surface area contributed by atoms with E-state index in [9.17, 15) is 4.79 Å². The van der Waals surface area contributed by atoms with Crippen LogP contribution >= 0.6 is 24.4 Å². The van der Waals surface area contributed by atoms with Crippen molar-refractivity contribution in [2.24, 2.45) is 10.8 Å². The van der Waals surface area contributed by atoms with Gasteiger partial charge in [0.15, 0.2) is 9.88 Å². The first-order chi connectivity index (χ1) is 10.1. The van der Waals surface area contributed by atoms with E-state index in [1.54, 1.807) is 0 Å². The summed E-state index contributed by atoms with van der Waals surface area (Å²) in [5.41, 5.74) is 9.52. The van der Waals surface area contributed by atoms with Gasteiger partial charge < -0.3 is 10.7 Å². The zero-order valence-corrected chi connectivity index (χ0v) is 12.6. The molecule has 2 rings (SSSR count). The average molecular weight is 319 g/mol. The van der Waals surface area contributed by atoms with Crippen LogP contribution in [0, 0.1) is 4.77 Å². The van der Waals surface area contributed by atoms with E-state index in [2.05, 4.69) is 32.7 Å². The van der Waals surface area contributed by atoms with Gasteiger partial charge in [0.2, 0.25) is 0 Å². The summed E-state index contributed by atoms with van der Waals surface area (Å²) in [5, 5.41) is 3.90. The fourth-order valence-electron chi connectivity index (χ4n) is 1.78. The van der Waals surface area contributed by atoms with Crippen molar-refractivity contribution in [2.75, 3.05) is 0 Å². The number of hydrogen-bond donors (Lipinski definition) is 4. The normalized spacial score (nSPS) is 10.7. The molecule has 0 saturated heterocycles. The summed E-state index contributed by atoms with van der Waals surface area (Å²) in [4.78, 5) is 17.6. The van der Waals surface area contributed by atoms with E-state index in [1.165, 1.54) is 6.21 Å². The monoisotopic (exact) mass is 319 g/mol. The first-order valence-corrected chi connectivity index (χ1v) is 6.86. The van der Waals surface area contributed by atoms with Crippen molar-refractivity contribution < 1.29 is 0 Å². The van der Waals surface area contributed by atoms with Crippen molar-refractivity contribution >= 4 is 35.8 Å². The number of nitrogens with one attached hydrogen (secondary N) is 3. The lowest BCUT2D eigenvalue weighted by Crippen LogP contribution is -2.24. The number of H-pyrrole nitrogens is 2. The van der Waals surface area contributed by atoms with Crippen LogP contribution in [0.25, 0.3) is 0 Å². The molecule has 0 aliphatic rings. The zero-order valence-electron chi connectivity index (χ0n) is 10.9. The Labute approximate surface area is 131 Å². The van der Waals surface area contributed by atoms with E-state index in [0.717, 1.165) is 5.56 Å². The minimum Gasteiger partial charge on any atom is -0.375 e. The van der Waals surface area contributed by atoms with Gasteiger partial charge in [0.1, 0.15) is 0 Å². The lowest BCUT2D eigenvalue weighted by molar-refractivity contribution is 0.987. The van der Waals surface area contributed by atoms with Crippen molar-refractivity contribution in [3.63, 3.8) is 0 Å². The fraction of sp³-hybridized carbons (Fsp3) is 0.0769. The molecular weight excluding hydrogens is 306 g/mol. The highest BCUT2D eigenvalue weighted by atomic mass is 32.1.